The lowest BCUT2D eigenvalue weighted by Gasteiger charge is -2.18. The Labute approximate surface area is 141 Å². The number of hydrogen-bond donors (Lipinski definition) is 2. The molecule has 0 aliphatic carbocycles. The highest BCUT2D eigenvalue weighted by molar-refractivity contribution is 5.91. The van der Waals surface area contributed by atoms with Gasteiger partial charge < -0.3 is 10.6 Å². The molecule has 5 nitrogen and oxygen atoms in total. The van der Waals surface area contributed by atoms with E-state index in [4.69, 9.17) is 5.26 Å². The van der Waals surface area contributed by atoms with Crippen molar-refractivity contribution in [3.8, 4) is 6.07 Å². The van der Waals surface area contributed by atoms with Crippen LogP contribution in [-0.4, -0.2) is 11.8 Å². The van der Waals surface area contributed by atoms with Crippen molar-refractivity contribution < 1.29 is 9.59 Å². The van der Waals surface area contributed by atoms with Gasteiger partial charge in [-0.1, -0.05) is 42.5 Å². The van der Waals surface area contributed by atoms with E-state index in [2.05, 4.69) is 16.7 Å². The van der Waals surface area contributed by atoms with Crippen molar-refractivity contribution >= 4 is 17.5 Å². The Balaban J connectivity index is 2.02. The molecule has 0 aromatic heterocycles. The quantitative estimate of drug-likeness (QED) is 0.858. The summed E-state index contributed by atoms with van der Waals surface area (Å²) in [6, 6.07) is 18.2. The first-order valence-electron chi connectivity index (χ1n) is 7.66. The van der Waals surface area contributed by atoms with Crippen molar-refractivity contribution in [2.24, 2.45) is 0 Å². The van der Waals surface area contributed by atoms with Crippen LogP contribution in [0.5, 0.6) is 0 Å². The summed E-state index contributed by atoms with van der Waals surface area (Å²) in [5.41, 5.74) is 2.44. The Bertz CT molecular complexity index is 733. The Morgan fingerprint density at radius 1 is 1.08 bits per heavy atom. The number of amides is 2. The van der Waals surface area contributed by atoms with Gasteiger partial charge in [0.25, 0.3) is 0 Å². The van der Waals surface area contributed by atoms with Gasteiger partial charge in [-0.25, -0.2) is 0 Å². The number of nitrogens with one attached hydrogen (secondary N) is 2. The summed E-state index contributed by atoms with van der Waals surface area (Å²) in [5.74, 6) is -0.372. The summed E-state index contributed by atoms with van der Waals surface area (Å²) in [5, 5.41) is 14.3. The predicted octanol–water partition coefficient (Wildman–Crippen LogP) is 2.96. The van der Waals surface area contributed by atoms with Crippen molar-refractivity contribution in [1.29, 1.82) is 5.26 Å². The van der Waals surface area contributed by atoms with Crippen LogP contribution >= 0.6 is 0 Å². The Hall–Kier alpha value is -3.13. The fourth-order valence-electron chi connectivity index (χ4n) is 2.38. The van der Waals surface area contributed by atoms with Crippen molar-refractivity contribution in [2.45, 2.75) is 25.8 Å². The minimum Gasteiger partial charge on any atom is -0.349 e. The first kappa shape index (κ1) is 17.2. The van der Waals surface area contributed by atoms with Crippen molar-refractivity contribution in [3.63, 3.8) is 0 Å². The third-order valence-corrected chi connectivity index (χ3v) is 3.49. The fourth-order valence-corrected chi connectivity index (χ4v) is 2.38. The van der Waals surface area contributed by atoms with E-state index in [9.17, 15) is 9.59 Å². The van der Waals surface area contributed by atoms with E-state index in [1.807, 2.05) is 30.3 Å². The van der Waals surface area contributed by atoms with Gasteiger partial charge in [0.2, 0.25) is 11.8 Å². The third kappa shape index (κ3) is 5.25. The summed E-state index contributed by atoms with van der Waals surface area (Å²) in [4.78, 5) is 23.7. The lowest BCUT2D eigenvalue weighted by atomic mass is 10.0. The topological polar surface area (TPSA) is 82.0 Å². The monoisotopic (exact) mass is 321 g/mol. The summed E-state index contributed by atoms with van der Waals surface area (Å²) in [7, 11) is 0. The standard InChI is InChI=1S/C19H19N3O2/c1-14(23)21-18(16-5-3-2-4-6-16)13-19(24)22-17-9-7-15(8-10-17)11-12-20/h2-10,18H,11,13H2,1H3,(H,21,23)(H,22,24)/t18-/m0/s1. The first-order chi connectivity index (χ1) is 11.6. The van der Waals surface area contributed by atoms with E-state index in [0.29, 0.717) is 12.1 Å². The van der Waals surface area contributed by atoms with E-state index >= 15 is 0 Å². The minimum absolute atomic E-state index is 0.142. The molecule has 2 amide bonds. The molecule has 122 valence electrons. The van der Waals surface area contributed by atoms with Gasteiger partial charge in [-0.3, -0.25) is 9.59 Å². The van der Waals surface area contributed by atoms with Crippen molar-refractivity contribution in [1.82, 2.24) is 5.32 Å². The van der Waals surface area contributed by atoms with Crippen LogP contribution in [0.15, 0.2) is 54.6 Å². The maximum absolute atomic E-state index is 12.3. The highest BCUT2D eigenvalue weighted by Crippen LogP contribution is 2.18. The van der Waals surface area contributed by atoms with Gasteiger partial charge in [0, 0.05) is 12.6 Å². The molecule has 0 fully saturated rings. The zero-order valence-corrected chi connectivity index (χ0v) is 13.5. The molecule has 0 saturated carbocycles. The number of carbonyl (C=O) groups is 2. The summed E-state index contributed by atoms with van der Waals surface area (Å²) < 4.78 is 0. The second-order valence-electron chi connectivity index (χ2n) is 5.45. The second kappa shape index (κ2) is 8.49. The maximum atomic E-state index is 12.3. The SMILES string of the molecule is CC(=O)N[C@@H](CC(=O)Nc1ccc(CC#N)cc1)c1ccccc1. The highest BCUT2D eigenvalue weighted by atomic mass is 16.2. The summed E-state index contributed by atoms with van der Waals surface area (Å²) >= 11 is 0. The van der Waals surface area contributed by atoms with Crippen LogP contribution in [0.25, 0.3) is 0 Å². The van der Waals surface area contributed by atoms with E-state index in [-0.39, 0.29) is 24.3 Å². The molecule has 0 aliphatic rings. The number of rotatable bonds is 6. The minimum atomic E-state index is -0.374. The summed E-state index contributed by atoms with van der Waals surface area (Å²) in [6.07, 6.45) is 0.483. The van der Waals surface area contributed by atoms with Crippen LogP contribution in [0, 0.1) is 11.3 Å². The van der Waals surface area contributed by atoms with Crippen LogP contribution in [0.2, 0.25) is 0 Å². The Kier molecular flexibility index (Phi) is 6.09. The molecule has 2 aromatic rings. The van der Waals surface area contributed by atoms with Gasteiger partial charge in [-0.15, -0.1) is 0 Å². The van der Waals surface area contributed by atoms with Crippen LogP contribution < -0.4 is 10.6 Å². The Morgan fingerprint density at radius 2 is 1.75 bits per heavy atom. The van der Waals surface area contributed by atoms with Gasteiger partial charge in [0.1, 0.15) is 0 Å². The van der Waals surface area contributed by atoms with Crippen molar-refractivity contribution in [3.05, 3.63) is 65.7 Å². The van der Waals surface area contributed by atoms with E-state index in [0.717, 1.165) is 11.1 Å². The van der Waals surface area contributed by atoms with Gasteiger partial charge in [-0.2, -0.15) is 5.26 Å². The smallest absolute Gasteiger partial charge is 0.226 e. The molecule has 1 atom stereocenters. The highest BCUT2D eigenvalue weighted by Gasteiger charge is 2.17. The molecule has 2 rings (SSSR count). The molecular formula is C19H19N3O2. The number of nitriles is 1. The largest absolute Gasteiger partial charge is 0.349 e. The van der Waals surface area contributed by atoms with E-state index < -0.39 is 0 Å². The molecule has 24 heavy (non-hydrogen) atoms. The number of hydrogen-bond acceptors (Lipinski definition) is 3. The first-order valence-corrected chi connectivity index (χ1v) is 7.66. The van der Waals surface area contributed by atoms with Gasteiger partial charge in [0.05, 0.1) is 25.0 Å². The van der Waals surface area contributed by atoms with Gasteiger partial charge in [0.15, 0.2) is 0 Å². The fraction of sp³-hybridized carbons (Fsp3) is 0.211. The molecular weight excluding hydrogens is 302 g/mol. The van der Waals surface area contributed by atoms with Crippen molar-refractivity contribution in [2.75, 3.05) is 5.32 Å². The van der Waals surface area contributed by atoms with Gasteiger partial charge in [-0.05, 0) is 23.3 Å². The van der Waals surface area contributed by atoms with Crippen LogP contribution in [0.1, 0.15) is 30.5 Å². The molecule has 0 radical (unpaired) electrons. The number of benzene rings is 2. The zero-order chi connectivity index (χ0) is 17.4. The van der Waals surface area contributed by atoms with Crippen LogP contribution in [0.4, 0.5) is 5.69 Å². The molecule has 0 saturated heterocycles. The maximum Gasteiger partial charge on any atom is 0.226 e. The number of anilines is 1. The number of nitrogens with zero attached hydrogens (tertiary/aromatic N) is 1. The molecule has 0 spiro atoms. The zero-order valence-electron chi connectivity index (χ0n) is 13.5. The average Bonchev–Trinajstić information content (AvgIpc) is 2.57. The molecule has 0 aliphatic heterocycles. The van der Waals surface area contributed by atoms with Crippen LogP contribution in [-0.2, 0) is 16.0 Å². The van der Waals surface area contributed by atoms with Gasteiger partial charge >= 0.3 is 0 Å². The Morgan fingerprint density at radius 3 is 2.33 bits per heavy atom. The summed E-state index contributed by atoms with van der Waals surface area (Å²) in [6.45, 7) is 1.43. The molecule has 2 aromatic carbocycles. The van der Waals surface area contributed by atoms with E-state index in [1.165, 1.54) is 6.92 Å². The second-order valence-corrected chi connectivity index (χ2v) is 5.45. The molecule has 0 bridgehead atoms. The molecule has 0 unspecified atom stereocenters. The molecule has 2 N–H and O–H groups in total. The number of carbonyl (C=O) groups excluding carboxylic acids is 2. The average molecular weight is 321 g/mol. The lowest BCUT2D eigenvalue weighted by Crippen LogP contribution is -2.29. The van der Waals surface area contributed by atoms with Crippen LogP contribution in [0.3, 0.4) is 0 Å². The van der Waals surface area contributed by atoms with E-state index in [1.54, 1.807) is 24.3 Å². The molecule has 0 heterocycles. The third-order valence-electron chi connectivity index (χ3n) is 3.49. The lowest BCUT2D eigenvalue weighted by molar-refractivity contribution is -0.120. The predicted molar refractivity (Wildman–Crippen MR) is 92.0 cm³/mol. The molecule has 5 heteroatoms. The normalized spacial score (nSPS) is 11.2.